The Hall–Kier alpha value is -3.39. The lowest BCUT2D eigenvalue weighted by Gasteiger charge is -2.24. The molecule has 2 aromatic carbocycles. The average molecular weight is 605 g/mol. The van der Waals surface area contributed by atoms with Gasteiger partial charge < -0.3 is 10.6 Å². The quantitative estimate of drug-likeness (QED) is 0.351. The van der Waals surface area contributed by atoms with E-state index >= 15 is 0 Å². The van der Waals surface area contributed by atoms with Crippen LogP contribution in [0, 0.1) is 0 Å². The lowest BCUT2D eigenvalue weighted by atomic mass is 9.96. The molecule has 224 valence electrons. The molecule has 7 nitrogen and oxygen atoms in total. The number of benzene rings is 2. The van der Waals surface area contributed by atoms with Gasteiger partial charge in [-0.05, 0) is 55.7 Å². The normalized spacial score (nSPS) is 17.2. The van der Waals surface area contributed by atoms with Crippen molar-refractivity contribution in [1.82, 2.24) is 14.9 Å². The first kappa shape index (κ1) is 32.1. The van der Waals surface area contributed by atoms with Crippen molar-refractivity contribution in [3.63, 3.8) is 0 Å². The monoisotopic (exact) mass is 604 g/mol. The van der Waals surface area contributed by atoms with Crippen molar-refractivity contribution in [3.8, 4) is 0 Å². The van der Waals surface area contributed by atoms with Crippen LogP contribution in [0.4, 0.5) is 26.3 Å². The molecule has 14 heteroatoms. The van der Waals surface area contributed by atoms with Crippen LogP contribution in [0.3, 0.4) is 0 Å². The van der Waals surface area contributed by atoms with Crippen molar-refractivity contribution < 1.29 is 39.6 Å². The standard InChI is InChI=1S/C27H30F6N4O3S/c1-18(23-35-22(25(2,3)36-23)24(38)34-15-14-26(28,29)30)13-16-37(41(39,40)21-7-5-4-6-8-21)17-19-9-11-20(12-10-19)27(31,32)33/h4-12,22H,1,13-17H2,2-3H3,(H,34,38)(H,35,36)/t22-/m0/s1. The van der Waals surface area contributed by atoms with Gasteiger partial charge in [0.25, 0.3) is 0 Å². The summed E-state index contributed by atoms with van der Waals surface area (Å²) in [5.74, 6) is -0.473. The van der Waals surface area contributed by atoms with Gasteiger partial charge in [-0.25, -0.2) is 8.42 Å². The molecule has 1 aliphatic rings. The van der Waals surface area contributed by atoms with Gasteiger partial charge in [0.15, 0.2) is 0 Å². The van der Waals surface area contributed by atoms with Crippen LogP contribution in [0.25, 0.3) is 0 Å². The first-order valence-electron chi connectivity index (χ1n) is 12.5. The average Bonchev–Trinajstić information content (AvgIpc) is 3.21. The van der Waals surface area contributed by atoms with Crippen LogP contribution in [0.5, 0.6) is 0 Å². The van der Waals surface area contributed by atoms with Crippen molar-refractivity contribution in [2.75, 3.05) is 13.1 Å². The molecular formula is C27H30F6N4O3S. The molecule has 0 fully saturated rings. The van der Waals surface area contributed by atoms with E-state index in [-0.39, 0.29) is 30.2 Å². The fraction of sp³-hybridized carbons (Fsp3) is 0.407. The number of sulfonamides is 1. The second kappa shape index (κ2) is 12.2. The van der Waals surface area contributed by atoms with Crippen molar-refractivity contribution >= 4 is 21.8 Å². The summed E-state index contributed by atoms with van der Waals surface area (Å²) in [6.07, 6.45) is -10.1. The Balaban J connectivity index is 1.74. The predicted molar refractivity (Wildman–Crippen MR) is 141 cm³/mol. The summed E-state index contributed by atoms with van der Waals surface area (Å²) in [5.41, 5.74) is -1.23. The Labute approximate surface area is 234 Å². The largest absolute Gasteiger partial charge is 0.416 e. The molecule has 0 spiro atoms. The van der Waals surface area contributed by atoms with Crippen LogP contribution in [-0.2, 0) is 27.5 Å². The zero-order valence-corrected chi connectivity index (χ0v) is 23.1. The minimum atomic E-state index is -4.54. The van der Waals surface area contributed by atoms with Gasteiger partial charge in [-0.3, -0.25) is 9.79 Å². The third kappa shape index (κ3) is 8.55. The van der Waals surface area contributed by atoms with Crippen LogP contribution >= 0.6 is 0 Å². The Kier molecular flexibility index (Phi) is 9.58. The molecule has 0 bridgehead atoms. The summed E-state index contributed by atoms with van der Waals surface area (Å²) in [6.45, 7) is 6.23. The maximum absolute atomic E-state index is 13.4. The van der Waals surface area contributed by atoms with Gasteiger partial charge in [-0.15, -0.1) is 0 Å². The molecule has 0 unspecified atom stereocenters. The van der Waals surface area contributed by atoms with Gasteiger partial charge in [0.1, 0.15) is 11.9 Å². The van der Waals surface area contributed by atoms with E-state index in [1.165, 1.54) is 24.3 Å². The molecule has 2 N–H and O–H groups in total. The molecule has 3 rings (SSSR count). The number of halogens is 6. The highest BCUT2D eigenvalue weighted by Gasteiger charge is 2.41. The molecule has 1 heterocycles. The lowest BCUT2D eigenvalue weighted by Crippen LogP contribution is -2.52. The Bertz CT molecular complexity index is 1370. The Morgan fingerprint density at radius 2 is 1.66 bits per heavy atom. The first-order chi connectivity index (χ1) is 18.9. The van der Waals surface area contributed by atoms with E-state index in [1.54, 1.807) is 32.0 Å². The molecule has 1 amide bonds. The number of nitrogens with zero attached hydrogens (tertiary/aromatic N) is 2. The molecule has 1 atom stereocenters. The fourth-order valence-corrected chi connectivity index (χ4v) is 5.55. The number of hydrogen-bond donors (Lipinski definition) is 2. The summed E-state index contributed by atoms with van der Waals surface area (Å²) in [6, 6.07) is 10.7. The third-order valence-electron chi connectivity index (χ3n) is 6.38. The number of carbonyl (C=O) groups excluding carboxylic acids is 1. The minimum Gasteiger partial charge on any atom is -0.357 e. The summed E-state index contributed by atoms with van der Waals surface area (Å²) in [4.78, 5) is 17.0. The summed E-state index contributed by atoms with van der Waals surface area (Å²) in [7, 11) is -4.07. The van der Waals surface area contributed by atoms with Gasteiger partial charge in [0.05, 0.1) is 22.4 Å². The molecule has 41 heavy (non-hydrogen) atoms. The maximum atomic E-state index is 13.4. The van der Waals surface area contributed by atoms with Gasteiger partial charge in [-0.1, -0.05) is 36.9 Å². The number of alkyl halides is 6. The van der Waals surface area contributed by atoms with Crippen molar-refractivity contribution in [2.24, 2.45) is 4.99 Å². The highest BCUT2D eigenvalue weighted by Crippen LogP contribution is 2.30. The summed E-state index contributed by atoms with van der Waals surface area (Å²) >= 11 is 0. The van der Waals surface area contributed by atoms with Gasteiger partial charge in [0, 0.05) is 19.6 Å². The first-order valence-corrected chi connectivity index (χ1v) is 13.9. The SMILES string of the molecule is C=C(CCN(Cc1ccc(C(F)(F)F)cc1)S(=O)(=O)c1ccccc1)C1=NC(C)(C)[C@H](C(=O)NCCC(F)(F)F)N1. The van der Waals surface area contributed by atoms with Crippen molar-refractivity contribution in [3.05, 3.63) is 77.9 Å². The molecule has 0 saturated heterocycles. The number of amidine groups is 1. The third-order valence-corrected chi connectivity index (χ3v) is 8.24. The summed E-state index contributed by atoms with van der Waals surface area (Å²) < 4.78 is 104. The smallest absolute Gasteiger partial charge is 0.357 e. The van der Waals surface area contributed by atoms with Crippen molar-refractivity contribution in [2.45, 2.75) is 62.1 Å². The number of hydrogen-bond acceptors (Lipinski definition) is 5. The van der Waals surface area contributed by atoms with E-state index < -0.39 is 58.4 Å². The van der Waals surface area contributed by atoms with Crippen LogP contribution in [0.2, 0.25) is 0 Å². The summed E-state index contributed by atoms with van der Waals surface area (Å²) in [5, 5.41) is 5.12. The molecular weight excluding hydrogens is 574 g/mol. The molecule has 0 saturated carbocycles. The molecule has 0 aromatic heterocycles. The fourth-order valence-electron chi connectivity index (χ4n) is 4.10. The number of carbonyl (C=O) groups is 1. The van der Waals surface area contributed by atoms with Crippen molar-refractivity contribution in [1.29, 1.82) is 0 Å². The highest BCUT2D eigenvalue weighted by molar-refractivity contribution is 7.89. The maximum Gasteiger partial charge on any atom is 0.416 e. The van der Waals surface area contributed by atoms with Gasteiger partial charge in [0.2, 0.25) is 15.9 Å². The van der Waals surface area contributed by atoms with E-state index in [2.05, 4.69) is 22.2 Å². The highest BCUT2D eigenvalue weighted by atomic mass is 32.2. The minimum absolute atomic E-state index is 0.00872. The molecule has 0 aliphatic carbocycles. The predicted octanol–water partition coefficient (Wildman–Crippen LogP) is 5.06. The van der Waals surface area contributed by atoms with Gasteiger partial charge >= 0.3 is 12.4 Å². The zero-order chi connectivity index (χ0) is 30.6. The zero-order valence-electron chi connectivity index (χ0n) is 22.3. The number of amides is 1. The Morgan fingerprint density at radius 3 is 2.22 bits per heavy atom. The van der Waals surface area contributed by atoms with E-state index in [9.17, 15) is 39.6 Å². The van der Waals surface area contributed by atoms with Crippen LogP contribution < -0.4 is 10.6 Å². The number of aliphatic imine (C=N–C) groups is 1. The van der Waals surface area contributed by atoms with Gasteiger partial charge in [-0.2, -0.15) is 30.6 Å². The van der Waals surface area contributed by atoms with Crippen LogP contribution in [-0.4, -0.2) is 55.3 Å². The van der Waals surface area contributed by atoms with E-state index in [4.69, 9.17) is 0 Å². The second-order valence-corrected chi connectivity index (χ2v) is 12.0. The van der Waals surface area contributed by atoms with E-state index in [0.29, 0.717) is 11.1 Å². The van der Waals surface area contributed by atoms with Crippen LogP contribution in [0.1, 0.15) is 37.8 Å². The topological polar surface area (TPSA) is 90.9 Å². The Morgan fingerprint density at radius 1 is 1.05 bits per heavy atom. The lowest BCUT2D eigenvalue weighted by molar-refractivity contribution is -0.138. The number of rotatable bonds is 11. The second-order valence-electron chi connectivity index (χ2n) is 10.0. The number of nitrogens with one attached hydrogen (secondary N) is 2. The molecule has 0 radical (unpaired) electrons. The molecule has 1 aliphatic heterocycles. The van der Waals surface area contributed by atoms with E-state index in [1.807, 2.05) is 0 Å². The molecule has 2 aromatic rings. The van der Waals surface area contributed by atoms with Crippen LogP contribution in [0.15, 0.2) is 76.6 Å². The van der Waals surface area contributed by atoms with E-state index in [0.717, 1.165) is 16.4 Å².